The van der Waals surface area contributed by atoms with Crippen LogP contribution in [0.4, 0.5) is 5.82 Å². The number of hydrogen-bond acceptors (Lipinski definition) is 4. The Kier molecular flexibility index (Phi) is 4.40. The summed E-state index contributed by atoms with van der Waals surface area (Å²) < 4.78 is 5.61. The average molecular weight is 270 g/mol. The van der Waals surface area contributed by atoms with Crippen LogP contribution in [0.15, 0.2) is 0 Å². The van der Waals surface area contributed by atoms with Gasteiger partial charge in [0.15, 0.2) is 11.0 Å². The van der Waals surface area contributed by atoms with Gasteiger partial charge in [0.2, 0.25) is 0 Å². The van der Waals surface area contributed by atoms with Crippen molar-refractivity contribution in [2.45, 2.75) is 26.7 Å². The van der Waals surface area contributed by atoms with E-state index in [1.807, 2.05) is 25.8 Å². The van der Waals surface area contributed by atoms with E-state index in [0.29, 0.717) is 11.8 Å². The van der Waals surface area contributed by atoms with Crippen molar-refractivity contribution in [1.29, 1.82) is 0 Å². The van der Waals surface area contributed by atoms with Crippen LogP contribution in [0.1, 0.15) is 24.2 Å². The summed E-state index contributed by atoms with van der Waals surface area (Å²) in [6.07, 6.45) is 2.65. The maximum Gasteiger partial charge on any atom is 0.171 e. The first kappa shape index (κ1) is 13.6. The summed E-state index contributed by atoms with van der Waals surface area (Å²) in [7, 11) is 1.96. The van der Waals surface area contributed by atoms with Gasteiger partial charge in [0.05, 0.1) is 18.0 Å². The number of anilines is 1. The Morgan fingerprint density at radius 2 is 1.94 bits per heavy atom. The van der Waals surface area contributed by atoms with E-state index in [1.165, 1.54) is 12.8 Å². The average Bonchev–Trinajstić information content (AvgIpc) is 3.13. The molecule has 18 heavy (non-hydrogen) atoms. The van der Waals surface area contributed by atoms with Crippen molar-refractivity contribution in [3.05, 3.63) is 16.5 Å². The minimum absolute atomic E-state index is 0.461. The third kappa shape index (κ3) is 3.56. The highest BCUT2D eigenvalue weighted by molar-refractivity contribution is 6.31. The van der Waals surface area contributed by atoms with E-state index in [9.17, 15) is 0 Å². The number of ether oxygens (including phenoxy) is 1. The monoisotopic (exact) mass is 269 g/mol. The summed E-state index contributed by atoms with van der Waals surface area (Å²) in [6.45, 7) is 6.23. The molecule has 0 aliphatic heterocycles. The Labute approximate surface area is 113 Å². The molecule has 0 aromatic carbocycles. The lowest BCUT2D eigenvalue weighted by molar-refractivity contribution is 0.131. The Bertz CT molecular complexity index is 421. The molecule has 0 amide bonds. The molecule has 0 radical (unpaired) electrons. The van der Waals surface area contributed by atoms with Crippen LogP contribution in [0.25, 0.3) is 0 Å². The van der Waals surface area contributed by atoms with Gasteiger partial charge in [0.1, 0.15) is 0 Å². The van der Waals surface area contributed by atoms with Gasteiger partial charge >= 0.3 is 0 Å². The first-order valence-electron chi connectivity index (χ1n) is 6.37. The molecule has 0 atom stereocenters. The second-order valence-corrected chi connectivity index (χ2v) is 5.31. The molecular weight excluding hydrogens is 250 g/mol. The second-order valence-electron chi connectivity index (χ2n) is 4.95. The predicted molar refractivity (Wildman–Crippen MR) is 73.3 cm³/mol. The zero-order chi connectivity index (χ0) is 13.1. The molecule has 1 saturated carbocycles. The molecule has 1 heterocycles. The molecule has 1 fully saturated rings. The van der Waals surface area contributed by atoms with Gasteiger partial charge in [-0.15, -0.1) is 0 Å². The second kappa shape index (κ2) is 5.85. The number of likely N-dealkylation sites (N-methyl/N-ethyl adjacent to an activating group) is 1. The summed E-state index contributed by atoms with van der Waals surface area (Å²) in [6, 6.07) is 0. The van der Waals surface area contributed by atoms with Crippen LogP contribution in [0.5, 0.6) is 0 Å². The lowest BCUT2D eigenvalue weighted by Crippen LogP contribution is -2.25. The zero-order valence-corrected chi connectivity index (χ0v) is 12.0. The highest BCUT2D eigenvalue weighted by Crippen LogP contribution is 2.28. The smallest absolute Gasteiger partial charge is 0.171 e. The van der Waals surface area contributed by atoms with Gasteiger partial charge in [-0.25, -0.2) is 9.97 Å². The lowest BCUT2D eigenvalue weighted by atomic mass is 10.3. The van der Waals surface area contributed by atoms with E-state index in [0.717, 1.165) is 36.3 Å². The van der Waals surface area contributed by atoms with Gasteiger partial charge in [0.25, 0.3) is 0 Å². The molecule has 2 rings (SSSR count). The van der Waals surface area contributed by atoms with Crippen molar-refractivity contribution >= 4 is 17.4 Å². The summed E-state index contributed by atoms with van der Waals surface area (Å²) in [5.41, 5.74) is 1.79. The third-order valence-electron chi connectivity index (χ3n) is 3.23. The number of aromatic nitrogens is 2. The van der Waals surface area contributed by atoms with E-state index in [2.05, 4.69) is 9.97 Å². The molecule has 4 nitrogen and oxygen atoms in total. The molecule has 0 saturated heterocycles. The minimum Gasteiger partial charge on any atom is -0.379 e. The molecule has 0 unspecified atom stereocenters. The van der Waals surface area contributed by atoms with E-state index in [4.69, 9.17) is 16.3 Å². The van der Waals surface area contributed by atoms with Crippen molar-refractivity contribution in [1.82, 2.24) is 9.97 Å². The topological polar surface area (TPSA) is 38.2 Å². The predicted octanol–water partition coefficient (Wildman–Crippen LogP) is 2.61. The van der Waals surface area contributed by atoms with Crippen LogP contribution in [0.2, 0.25) is 5.15 Å². The largest absolute Gasteiger partial charge is 0.379 e. The van der Waals surface area contributed by atoms with Gasteiger partial charge < -0.3 is 9.64 Å². The standard InChI is InChI=1S/C13H20ClN3O/c1-9-10(2)16-13(12(14)15-9)17(3)6-7-18-8-11-4-5-11/h11H,4-8H2,1-3H3. The first-order valence-corrected chi connectivity index (χ1v) is 6.75. The van der Waals surface area contributed by atoms with Crippen molar-refractivity contribution < 1.29 is 4.74 Å². The van der Waals surface area contributed by atoms with Crippen LogP contribution in [0.3, 0.4) is 0 Å². The Hall–Kier alpha value is -0.870. The van der Waals surface area contributed by atoms with Crippen LogP contribution in [-0.2, 0) is 4.74 Å². The maximum absolute atomic E-state index is 6.11. The molecular formula is C13H20ClN3O. The van der Waals surface area contributed by atoms with Gasteiger partial charge in [0, 0.05) is 20.2 Å². The summed E-state index contributed by atoms with van der Waals surface area (Å²) in [4.78, 5) is 10.8. The SMILES string of the molecule is Cc1nc(Cl)c(N(C)CCOCC2CC2)nc1C. The fraction of sp³-hybridized carbons (Fsp3) is 0.692. The Morgan fingerprint density at radius 1 is 1.28 bits per heavy atom. The van der Waals surface area contributed by atoms with Crippen molar-refractivity contribution in [3.8, 4) is 0 Å². The highest BCUT2D eigenvalue weighted by Gasteiger charge is 2.21. The first-order chi connectivity index (χ1) is 8.58. The van der Waals surface area contributed by atoms with Crippen LogP contribution >= 0.6 is 11.6 Å². The molecule has 5 heteroatoms. The van der Waals surface area contributed by atoms with E-state index < -0.39 is 0 Å². The number of hydrogen-bond donors (Lipinski definition) is 0. The summed E-state index contributed by atoms with van der Waals surface area (Å²) >= 11 is 6.11. The number of nitrogens with zero attached hydrogens (tertiary/aromatic N) is 3. The van der Waals surface area contributed by atoms with E-state index in [1.54, 1.807) is 0 Å². The van der Waals surface area contributed by atoms with Crippen molar-refractivity contribution in [2.75, 3.05) is 31.7 Å². The molecule has 0 N–H and O–H groups in total. The molecule has 1 aliphatic carbocycles. The highest BCUT2D eigenvalue weighted by atomic mass is 35.5. The lowest BCUT2D eigenvalue weighted by Gasteiger charge is -2.19. The number of aryl methyl sites for hydroxylation is 2. The number of rotatable bonds is 6. The van der Waals surface area contributed by atoms with Gasteiger partial charge in [-0.05, 0) is 32.6 Å². The summed E-state index contributed by atoms with van der Waals surface area (Å²) in [5, 5.41) is 0.461. The van der Waals surface area contributed by atoms with Gasteiger partial charge in [-0.3, -0.25) is 0 Å². The Balaban J connectivity index is 1.86. The Morgan fingerprint density at radius 3 is 2.61 bits per heavy atom. The fourth-order valence-corrected chi connectivity index (χ4v) is 1.96. The molecule has 100 valence electrons. The minimum atomic E-state index is 0.461. The molecule has 0 spiro atoms. The quantitative estimate of drug-likeness (QED) is 0.744. The summed E-state index contributed by atoms with van der Waals surface area (Å²) in [5.74, 6) is 1.54. The van der Waals surface area contributed by atoms with Crippen LogP contribution in [-0.4, -0.2) is 36.8 Å². The van der Waals surface area contributed by atoms with Crippen LogP contribution in [0, 0.1) is 19.8 Å². The van der Waals surface area contributed by atoms with Crippen molar-refractivity contribution in [3.63, 3.8) is 0 Å². The zero-order valence-electron chi connectivity index (χ0n) is 11.2. The van der Waals surface area contributed by atoms with Crippen LogP contribution < -0.4 is 4.90 Å². The van der Waals surface area contributed by atoms with E-state index >= 15 is 0 Å². The van der Waals surface area contributed by atoms with Gasteiger partial charge in [-0.2, -0.15) is 0 Å². The van der Waals surface area contributed by atoms with Gasteiger partial charge in [-0.1, -0.05) is 11.6 Å². The fourth-order valence-electron chi connectivity index (χ4n) is 1.65. The van der Waals surface area contributed by atoms with E-state index in [-0.39, 0.29) is 0 Å². The molecule has 1 aromatic heterocycles. The maximum atomic E-state index is 6.11. The molecule has 0 bridgehead atoms. The number of halogens is 1. The normalized spacial score (nSPS) is 14.9. The molecule has 1 aromatic rings. The van der Waals surface area contributed by atoms with Crippen molar-refractivity contribution in [2.24, 2.45) is 5.92 Å². The molecule has 1 aliphatic rings. The third-order valence-corrected chi connectivity index (χ3v) is 3.48.